The number of aromatic hydroxyl groups is 2. The Morgan fingerprint density at radius 3 is 2.28 bits per heavy atom. The summed E-state index contributed by atoms with van der Waals surface area (Å²) in [5.74, 6) is -1.37. The number of benzene rings is 2. The first-order chi connectivity index (χ1) is 8.63. The zero-order valence-electron chi connectivity index (χ0n) is 9.13. The average Bonchev–Trinajstić information content (AvgIpc) is 2.38. The van der Waals surface area contributed by atoms with Crippen LogP contribution in [0.25, 0.3) is 0 Å². The van der Waals surface area contributed by atoms with Crippen LogP contribution in [-0.4, -0.2) is 16.0 Å². The number of para-hydroxylation sites is 1. The van der Waals surface area contributed by atoms with Crippen LogP contribution in [0.3, 0.4) is 0 Å². The molecule has 0 aliphatic heterocycles. The number of phenols is 2. The van der Waals surface area contributed by atoms with Gasteiger partial charge in [-0.15, -0.1) is 0 Å². The standard InChI is InChI=1S/C13H9FO4/c14-18-8-5-6-10(12(16)7-8)13(17)9-3-1-2-4-11(9)15/h1-7,15-16H. The van der Waals surface area contributed by atoms with Crippen LogP contribution in [0.5, 0.6) is 17.2 Å². The zero-order chi connectivity index (χ0) is 13.1. The van der Waals surface area contributed by atoms with Crippen molar-refractivity contribution in [3.8, 4) is 17.2 Å². The Hall–Kier alpha value is -2.56. The van der Waals surface area contributed by atoms with Crippen molar-refractivity contribution in [1.82, 2.24) is 0 Å². The molecule has 0 atom stereocenters. The first kappa shape index (κ1) is 11.9. The monoisotopic (exact) mass is 248 g/mol. The second kappa shape index (κ2) is 4.75. The molecule has 0 bridgehead atoms. The van der Waals surface area contributed by atoms with E-state index in [9.17, 15) is 19.5 Å². The predicted molar refractivity (Wildman–Crippen MR) is 61.4 cm³/mol. The molecular weight excluding hydrogens is 239 g/mol. The molecule has 2 N–H and O–H groups in total. The first-order valence-corrected chi connectivity index (χ1v) is 5.08. The van der Waals surface area contributed by atoms with Crippen molar-refractivity contribution < 1.29 is 24.5 Å². The van der Waals surface area contributed by atoms with E-state index < -0.39 is 11.5 Å². The van der Waals surface area contributed by atoms with Gasteiger partial charge in [0.2, 0.25) is 0 Å². The summed E-state index contributed by atoms with van der Waals surface area (Å²) in [4.78, 5) is 15.5. The summed E-state index contributed by atoms with van der Waals surface area (Å²) in [5.41, 5.74) is 0.0130. The normalized spacial score (nSPS) is 10.1. The van der Waals surface area contributed by atoms with Gasteiger partial charge in [0, 0.05) is 10.6 Å². The van der Waals surface area contributed by atoms with E-state index in [0.29, 0.717) is 0 Å². The van der Waals surface area contributed by atoms with Gasteiger partial charge in [-0.1, -0.05) is 12.1 Å². The van der Waals surface area contributed by atoms with Crippen molar-refractivity contribution in [2.75, 3.05) is 0 Å². The number of rotatable bonds is 3. The molecule has 0 aliphatic rings. The second-order valence-corrected chi connectivity index (χ2v) is 3.60. The molecule has 0 unspecified atom stereocenters. The number of carbonyl (C=O) groups is 1. The number of ketones is 1. The van der Waals surface area contributed by atoms with Gasteiger partial charge < -0.3 is 10.2 Å². The van der Waals surface area contributed by atoms with Crippen molar-refractivity contribution in [3.63, 3.8) is 0 Å². The van der Waals surface area contributed by atoms with Gasteiger partial charge in [-0.2, -0.15) is 0 Å². The van der Waals surface area contributed by atoms with E-state index in [0.717, 1.165) is 6.07 Å². The third kappa shape index (κ3) is 2.10. The predicted octanol–water partition coefficient (Wildman–Crippen LogP) is 2.59. The van der Waals surface area contributed by atoms with Crippen LogP contribution in [0.1, 0.15) is 15.9 Å². The van der Waals surface area contributed by atoms with E-state index in [1.54, 1.807) is 12.1 Å². The topological polar surface area (TPSA) is 66.8 Å². The van der Waals surface area contributed by atoms with Crippen LogP contribution in [-0.2, 0) is 0 Å². The van der Waals surface area contributed by atoms with Gasteiger partial charge in [-0.3, -0.25) is 9.74 Å². The molecule has 2 rings (SSSR count). The van der Waals surface area contributed by atoms with Gasteiger partial charge in [0.15, 0.2) is 11.5 Å². The Morgan fingerprint density at radius 1 is 1.00 bits per heavy atom. The molecule has 2 aromatic carbocycles. The van der Waals surface area contributed by atoms with Crippen LogP contribution in [0.15, 0.2) is 42.5 Å². The van der Waals surface area contributed by atoms with E-state index in [1.165, 1.54) is 24.3 Å². The molecule has 0 spiro atoms. The van der Waals surface area contributed by atoms with Crippen molar-refractivity contribution in [3.05, 3.63) is 53.6 Å². The molecular formula is C13H9FO4. The molecule has 4 nitrogen and oxygen atoms in total. The maximum atomic E-state index is 12.0. The lowest BCUT2D eigenvalue weighted by atomic mass is 10.0. The third-order valence-electron chi connectivity index (χ3n) is 2.45. The molecule has 0 amide bonds. The summed E-state index contributed by atoms with van der Waals surface area (Å²) >= 11 is 0. The fourth-order valence-electron chi connectivity index (χ4n) is 1.56. The Kier molecular flexibility index (Phi) is 3.14. The highest BCUT2D eigenvalue weighted by atomic mass is 19.3. The highest BCUT2D eigenvalue weighted by molar-refractivity contribution is 6.12. The summed E-state index contributed by atoms with van der Waals surface area (Å²) in [6.07, 6.45) is 0. The minimum absolute atomic E-state index is 0.0442. The molecule has 5 heteroatoms. The summed E-state index contributed by atoms with van der Waals surface area (Å²) < 4.78 is 11.9. The lowest BCUT2D eigenvalue weighted by Crippen LogP contribution is -2.02. The Balaban J connectivity index is 2.44. The molecule has 0 radical (unpaired) electrons. The first-order valence-electron chi connectivity index (χ1n) is 5.08. The Labute approximate surface area is 102 Å². The highest BCUT2D eigenvalue weighted by Gasteiger charge is 2.17. The van der Waals surface area contributed by atoms with Crippen molar-refractivity contribution in [2.24, 2.45) is 0 Å². The molecule has 0 heterocycles. The minimum Gasteiger partial charge on any atom is -0.507 e. The van der Waals surface area contributed by atoms with Crippen molar-refractivity contribution >= 4 is 5.78 Å². The van der Waals surface area contributed by atoms with Gasteiger partial charge in [-0.25, -0.2) is 0 Å². The molecule has 0 aromatic heterocycles. The number of hydrogen-bond donors (Lipinski definition) is 2. The third-order valence-corrected chi connectivity index (χ3v) is 2.45. The molecule has 0 saturated heterocycles. The van der Waals surface area contributed by atoms with Gasteiger partial charge in [0.1, 0.15) is 11.5 Å². The van der Waals surface area contributed by atoms with Crippen molar-refractivity contribution in [1.29, 1.82) is 0 Å². The van der Waals surface area contributed by atoms with Gasteiger partial charge in [0.05, 0.1) is 11.1 Å². The van der Waals surface area contributed by atoms with Gasteiger partial charge in [-0.05, 0) is 24.3 Å². The SMILES string of the molecule is O=C(c1ccccc1O)c1ccc(OF)cc1O. The molecule has 0 fully saturated rings. The molecule has 0 aliphatic carbocycles. The summed E-state index contributed by atoms with van der Waals surface area (Å²) in [6.45, 7) is 0. The number of phenolic OH excluding ortho intramolecular Hbond substituents is 2. The van der Waals surface area contributed by atoms with E-state index in [1.807, 2.05) is 0 Å². The second-order valence-electron chi connectivity index (χ2n) is 3.60. The lowest BCUT2D eigenvalue weighted by molar-refractivity contribution is -0.00643. The van der Waals surface area contributed by atoms with Crippen LogP contribution in [0.4, 0.5) is 4.53 Å². The Morgan fingerprint density at radius 2 is 1.67 bits per heavy atom. The fraction of sp³-hybridized carbons (Fsp3) is 0. The molecule has 92 valence electrons. The maximum absolute atomic E-state index is 12.0. The lowest BCUT2D eigenvalue weighted by Gasteiger charge is -2.06. The fourth-order valence-corrected chi connectivity index (χ4v) is 1.56. The van der Waals surface area contributed by atoms with Gasteiger partial charge in [0.25, 0.3) is 0 Å². The highest BCUT2D eigenvalue weighted by Crippen LogP contribution is 2.28. The Bertz CT molecular complexity index is 595. The maximum Gasteiger partial charge on any atom is 0.200 e. The number of halogens is 1. The number of carbonyl (C=O) groups excluding carboxylic acids is 1. The average molecular weight is 248 g/mol. The molecule has 2 aromatic rings. The van der Waals surface area contributed by atoms with E-state index in [2.05, 4.69) is 4.94 Å². The van der Waals surface area contributed by atoms with E-state index in [4.69, 9.17) is 0 Å². The smallest absolute Gasteiger partial charge is 0.200 e. The largest absolute Gasteiger partial charge is 0.507 e. The summed E-state index contributed by atoms with van der Waals surface area (Å²) in [7, 11) is 0. The summed E-state index contributed by atoms with van der Waals surface area (Å²) in [6, 6.07) is 9.36. The van der Waals surface area contributed by atoms with Crippen LogP contribution < -0.4 is 4.94 Å². The minimum atomic E-state index is -0.559. The van der Waals surface area contributed by atoms with Gasteiger partial charge >= 0.3 is 0 Å². The quantitative estimate of drug-likeness (QED) is 0.819. The molecule has 0 saturated carbocycles. The van der Waals surface area contributed by atoms with E-state index in [-0.39, 0.29) is 22.6 Å². The molecule has 18 heavy (non-hydrogen) atoms. The number of hydrogen-bond acceptors (Lipinski definition) is 4. The van der Waals surface area contributed by atoms with E-state index >= 15 is 0 Å². The zero-order valence-corrected chi connectivity index (χ0v) is 9.13. The van der Waals surface area contributed by atoms with Crippen LogP contribution >= 0.6 is 0 Å². The summed E-state index contributed by atoms with van der Waals surface area (Å²) in [5, 5.41) is 19.1. The van der Waals surface area contributed by atoms with Crippen molar-refractivity contribution in [2.45, 2.75) is 0 Å². The van der Waals surface area contributed by atoms with Crippen LogP contribution in [0, 0.1) is 0 Å². The van der Waals surface area contributed by atoms with Crippen LogP contribution in [0.2, 0.25) is 0 Å².